The molecule has 78 valence electrons. The number of hydrogen-bond acceptors (Lipinski definition) is 3. The molecule has 0 aliphatic carbocycles. The van der Waals surface area contributed by atoms with Crippen LogP contribution in [0.5, 0.6) is 0 Å². The number of aliphatic hydroxyl groups is 1. The van der Waals surface area contributed by atoms with Crippen LogP contribution in [0.2, 0.25) is 0 Å². The number of hydrogen-bond donors (Lipinski definition) is 1. The van der Waals surface area contributed by atoms with Gasteiger partial charge in [-0.05, 0) is 13.3 Å². The third kappa shape index (κ3) is 8.74. The van der Waals surface area contributed by atoms with Crippen LogP contribution in [0.3, 0.4) is 0 Å². The average Bonchev–Trinajstić information content (AvgIpc) is 2.17. The fourth-order valence-corrected chi connectivity index (χ4v) is 0.702. The van der Waals surface area contributed by atoms with Crippen molar-refractivity contribution < 1.29 is 14.6 Å². The zero-order valence-electron chi connectivity index (χ0n) is 8.35. The number of carbonyl (C=O) groups excluding carboxylic acids is 1. The fraction of sp³-hybridized carbons (Fsp3) is 0.364. The van der Waals surface area contributed by atoms with E-state index in [9.17, 15) is 4.79 Å². The van der Waals surface area contributed by atoms with Crippen molar-refractivity contribution in [1.29, 1.82) is 0 Å². The number of esters is 1. The Labute approximate surface area is 84.4 Å². The van der Waals surface area contributed by atoms with Crippen LogP contribution in [0, 0.1) is 0 Å². The normalized spacial score (nSPS) is 11.9. The minimum absolute atomic E-state index is 0.156. The van der Waals surface area contributed by atoms with Crippen LogP contribution < -0.4 is 0 Å². The van der Waals surface area contributed by atoms with Crippen molar-refractivity contribution in [2.24, 2.45) is 0 Å². The monoisotopic (exact) mass is 196 g/mol. The molecular formula is C11H16O3. The SMILES string of the molecule is CCOC(=O)/C=C/C=C/C=C/CCO. The maximum Gasteiger partial charge on any atom is 0.330 e. The molecule has 0 saturated heterocycles. The Balaban J connectivity index is 3.64. The molecule has 0 aliphatic heterocycles. The van der Waals surface area contributed by atoms with Crippen LogP contribution in [-0.4, -0.2) is 24.3 Å². The molecule has 0 aliphatic rings. The van der Waals surface area contributed by atoms with Crippen LogP contribution in [-0.2, 0) is 9.53 Å². The maximum atomic E-state index is 10.8. The lowest BCUT2D eigenvalue weighted by Crippen LogP contribution is -1.98. The molecule has 0 saturated carbocycles. The van der Waals surface area contributed by atoms with Gasteiger partial charge in [0, 0.05) is 12.7 Å². The minimum atomic E-state index is -0.337. The van der Waals surface area contributed by atoms with E-state index in [1.807, 2.05) is 12.2 Å². The van der Waals surface area contributed by atoms with E-state index in [4.69, 9.17) is 5.11 Å². The Morgan fingerprint density at radius 2 is 2.00 bits per heavy atom. The molecular weight excluding hydrogens is 180 g/mol. The molecule has 0 heterocycles. The number of rotatable bonds is 6. The van der Waals surface area contributed by atoms with Crippen LogP contribution in [0.1, 0.15) is 13.3 Å². The predicted molar refractivity (Wildman–Crippen MR) is 55.8 cm³/mol. The molecule has 3 nitrogen and oxygen atoms in total. The average molecular weight is 196 g/mol. The van der Waals surface area contributed by atoms with Crippen molar-refractivity contribution in [3.8, 4) is 0 Å². The van der Waals surface area contributed by atoms with E-state index < -0.39 is 0 Å². The van der Waals surface area contributed by atoms with Crippen LogP contribution in [0.15, 0.2) is 36.5 Å². The van der Waals surface area contributed by atoms with E-state index in [0.29, 0.717) is 13.0 Å². The van der Waals surface area contributed by atoms with Gasteiger partial charge in [-0.1, -0.05) is 30.4 Å². The molecule has 0 aromatic heterocycles. The van der Waals surface area contributed by atoms with E-state index in [2.05, 4.69) is 4.74 Å². The Bertz CT molecular complexity index is 227. The van der Waals surface area contributed by atoms with Gasteiger partial charge in [-0.3, -0.25) is 0 Å². The Kier molecular flexibility index (Phi) is 8.80. The standard InChI is InChI=1S/C11H16O3/c1-2-14-11(13)9-7-5-3-4-6-8-10-12/h3-7,9,12H,2,8,10H2,1H3/b5-3+,6-4+,9-7+. The summed E-state index contributed by atoms with van der Waals surface area (Å²) in [6.45, 7) is 2.31. The van der Waals surface area contributed by atoms with Gasteiger partial charge in [0.05, 0.1) is 6.61 Å². The summed E-state index contributed by atoms with van der Waals surface area (Å²) in [4.78, 5) is 10.8. The number of aliphatic hydroxyl groups excluding tert-OH is 1. The van der Waals surface area contributed by atoms with Gasteiger partial charge in [-0.2, -0.15) is 0 Å². The highest BCUT2D eigenvalue weighted by Gasteiger charge is 1.89. The summed E-state index contributed by atoms with van der Waals surface area (Å²) in [6.07, 6.45) is 10.8. The smallest absolute Gasteiger partial charge is 0.330 e. The first-order chi connectivity index (χ1) is 6.81. The number of allylic oxidation sites excluding steroid dienone is 4. The second-order valence-corrected chi connectivity index (χ2v) is 2.44. The third-order valence-corrected chi connectivity index (χ3v) is 1.28. The first kappa shape index (κ1) is 12.7. The number of carbonyl (C=O) groups is 1. The predicted octanol–water partition coefficient (Wildman–Crippen LogP) is 1.60. The summed E-state index contributed by atoms with van der Waals surface area (Å²) in [5.41, 5.74) is 0. The van der Waals surface area contributed by atoms with Gasteiger partial charge in [0.1, 0.15) is 0 Å². The zero-order chi connectivity index (χ0) is 10.6. The molecule has 0 unspecified atom stereocenters. The van der Waals surface area contributed by atoms with Gasteiger partial charge in [0.2, 0.25) is 0 Å². The lowest BCUT2D eigenvalue weighted by molar-refractivity contribution is -0.137. The molecule has 0 amide bonds. The molecule has 0 spiro atoms. The first-order valence-electron chi connectivity index (χ1n) is 4.58. The van der Waals surface area contributed by atoms with Gasteiger partial charge >= 0.3 is 5.97 Å². The third-order valence-electron chi connectivity index (χ3n) is 1.28. The lowest BCUT2D eigenvalue weighted by atomic mass is 10.3. The molecule has 14 heavy (non-hydrogen) atoms. The summed E-state index contributed by atoms with van der Waals surface area (Å²) in [5, 5.41) is 8.45. The van der Waals surface area contributed by atoms with E-state index >= 15 is 0 Å². The van der Waals surface area contributed by atoms with E-state index in [1.54, 1.807) is 25.2 Å². The summed E-state index contributed by atoms with van der Waals surface area (Å²) in [5.74, 6) is -0.337. The van der Waals surface area contributed by atoms with Crippen molar-refractivity contribution in [2.75, 3.05) is 13.2 Å². The minimum Gasteiger partial charge on any atom is -0.463 e. The van der Waals surface area contributed by atoms with E-state index in [0.717, 1.165) is 0 Å². The highest BCUT2D eigenvalue weighted by molar-refractivity contribution is 5.82. The van der Waals surface area contributed by atoms with Crippen LogP contribution in [0.25, 0.3) is 0 Å². The first-order valence-corrected chi connectivity index (χ1v) is 4.58. The largest absolute Gasteiger partial charge is 0.463 e. The van der Waals surface area contributed by atoms with Gasteiger partial charge < -0.3 is 9.84 Å². The van der Waals surface area contributed by atoms with Crippen molar-refractivity contribution in [3.05, 3.63) is 36.5 Å². The zero-order valence-corrected chi connectivity index (χ0v) is 8.35. The molecule has 1 N–H and O–H groups in total. The molecule has 0 aromatic rings. The molecule has 0 rings (SSSR count). The van der Waals surface area contributed by atoms with Gasteiger partial charge in [-0.25, -0.2) is 4.79 Å². The Morgan fingerprint density at radius 1 is 1.29 bits per heavy atom. The maximum absolute atomic E-state index is 10.8. The highest BCUT2D eigenvalue weighted by Crippen LogP contribution is 1.85. The van der Waals surface area contributed by atoms with E-state index in [1.165, 1.54) is 6.08 Å². The highest BCUT2D eigenvalue weighted by atomic mass is 16.5. The van der Waals surface area contributed by atoms with Gasteiger partial charge in [-0.15, -0.1) is 0 Å². The molecule has 0 fully saturated rings. The Hall–Kier alpha value is -1.35. The fourth-order valence-electron chi connectivity index (χ4n) is 0.702. The molecule has 0 radical (unpaired) electrons. The summed E-state index contributed by atoms with van der Waals surface area (Å²) in [7, 11) is 0. The summed E-state index contributed by atoms with van der Waals surface area (Å²) >= 11 is 0. The second kappa shape index (κ2) is 9.74. The van der Waals surface area contributed by atoms with E-state index in [-0.39, 0.29) is 12.6 Å². The topological polar surface area (TPSA) is 46.5 Å². The molecule has 0 bridgehead atoms. The molecule has 3 heteroatoms. The Morgan fingerprint density at radius 3 is 2.64 bits per heavy atom. The molecule has 0 aromatic carbocycles. The summed E-state index contributed by atoms with van der Waals surface area (Å²) < 4.78 is 4.68. The van der Waals surface area contributed by atoms with Gasteiger partial charge in [0.25, 0.3) is 0 Å². The molecule has 0 atom stereocenters. The van der Waals surface area contributed by atoms with Crippen LogP contribution in [0.4, 0.5) is 0 Å². The number of ether oxygens (including phenoxy) is 1. The van der Waals surface area contributed by atoms with Crippen molar-refractivity contribution in [1.82, 2.24) is 0 Å². The van der Waals surface area contributed by atoms with Gasteiger partial charge in [0.15, 0.2) is 0 Å². The lowest BCUT2D eigenvalue weighted by Gasteiger charge is -1.92. The van der Waals surface area contributed by atoms with Crippen molar-refractivity contribution >= 4 is 5.97 Å². The summed E-state index contributed by atoms with van der Waals surface area (Å²) in [6, 6.07) is 0. The van der Waals surface area contributed by atoms with Crippen LogP contribution >= 0.6 is 0 Å². The second-order valence-electron chi connectivity index (χ2n) is 2.44. The quantitative estimate of drug-likeness (QED) is 0.399. The van der Waals surface area contributed by atoms with Crippen molar-refractivity contribution in [2.45, 2.75) is 13.3 Å². The van der Waals surface area contributed by atoms with Crippen molar-refractivity contribution in [3.63, 3.8) is 0 Å².